The van der Waals surface area contributed by atoms with Gasteiger partial charge in [0.15, 0.2) is 0 Å². The molecule has 0 bridgehead atoms. The van der Waals surface area contributed by atoms with Gasteiger partial charge in [0, 0.05) is 41.2 Å². The molecule has 0 amide bonds. The SMILES string of the molecule is Cc1ccc2c(oc3nc(C4CCCC4)ccc32)c1C1(C)C=CC(C(C)C)=CN1C. The van der Waals surface area contributed by atoms with Gasteiger partial charge < -0.3 is 9.32 Å². The second kappa shape index (κ2) is 7.01. The van der Waals surface area contributed by atoms with E-state index in [0.29, 0.717) is 11.8 Å². The third kappa shape index (κ3) is 2.90. The van der Waals surface area contributed by atoms with E-state index in [4.69, 9.17) is 9.40 Å². The Bertz CT molecular complexity index is 1180. The van der Waals surface area contributed by atoms with Crippen molar-refractivity contribution in [2.24, 2.45) is 5.92 Å². The average molecular weight is 401 g/mol. The summed E-state index contributed by atoms with van der Waals surface area (Å²) >= 11 is 0. The van der Waals surface area contributed by atoms with Gasteiger partial charge in [0.1, 0.15) is 5.58 Å². The van der Waals surface area contributed by atoms with Crippen LogP contribution >= 0.6 is 0 Å². The summed E-state index contributed by atoms with van der Waals surface area (Å²) in [5.41, 5.74) is 6.53. The lowest BCUT2D eigenvalue weighted by molar-refractivity contribution is 0.256. The summed E-state index contributed by atoms with van der Waals surface area (Å²) in [4.78, 5) is 7.31. The monoisotopic (exact) mass is 400 g/mol. The Morgan fingerprint density at radius 1 is 1.10 bits per heavy atom. The molecule has 3 heteroatoms. The molecule has 2 aliphatic rings. The predicted octanol–water partition coefficient (Wildman–Crippen LogP) is 7.20. The highest BCUT2D eigenvalue weighted by atomic mass is 16.3. The zero-order valence-corrected chi connectivity index (χ0v) is 18.8. The number of fused-ring (bicyclic) bond motifs is 3. The third-order valence-corrected chi connectivity index (χ3v) is 7.36. The highest BCUT2D eigenvalue weighted by Crippen LogP contribution is 2.43. The Labute approximate surface area is 179 Å². The van der Waals surface area contributed by atoms with Crippen molar-refractivity contribution in [2.75, 3.05) is 7.05 Å². The van der Waals surface area contributed by atoms with Gasteiger partial charge in [-0.25, -0.2) is 4.98 Å². The zero-order chi connectivity index (χ0) is 21.0. The topological polar surface area (TPSA) is 29.3 Å². The van der Waals surface area contributed by atoms with E-state index >= 15 is 0 Å². The summed E-state index contributed by atoms with van der Waals surface area (Å²) in [6.45, 7) is 8.95. The van der Waals surface area contributed by atoms with Gasteiger partial charge in [0.05, 0.1) is 5.54 Å². The third-order valence-electron chi connectivity index (χ3n) is 7.36. The number of hydrogen-bond acceptors (Lipinski definition) is 3. The van der Waals surface area contributed by atoms with E-state index in [1.165, 1.54) is 48.1 Å². The molecule has 5 rings (SSSR count). The van der Waals surface area contributed by atoms with E-state index in [1.54, 1.807) is 0 Å². The van der Waals surface area contributed by atoms with Gasteiger partial charge in [0.25, 0.3) is 0 Å². The number of likely N-dealkylation sites (N-methyl/N-ethyl adjacent to an activating group) is 1. The lowest BCUT2D eigenvalue weighted by Crippen LogP contribution is -2.39. The second-order valence-corrected chi connectivity index (χ2v) is 9.68. The quantitative estimate of drug-likeness (QED) is 0.465. The van der Waals surface area contributed by atoms with Crippen molar-refractivity contribution in [3.05, 3.63) is 65.0 Å². The number of nitrogens with zero attached hydrogens (tertiary/aromatic N) is 2. The van der Waals surface area contributed by atoms with E-state index in [9.17, 15) is 0 Å². The van der Waals surface area contributed by atoms with Crippen molar-refractivity contribution in [3.8, 4) is 0 Å². The van der Waals surface area contributed by atoms with E-state index in [-0.39, 0.29) is 5.54 Å². The molecule has 1 fully saturated rings. The molecule has 3 nitrogen and oxygen atoms in total. The molecule has 0 saturated heterocycles. The van der Waals surface area contributed by atoms with Crippen molar-refractivity contribution in [1.82, 2.24) is 9.88 Å². The molecule has 0 spiro atoms. The minimum Gasteiger partial charge on any atom is -0.437 e. The number of rotatable bonds is 3. The fourth-order valence-electron chi connectivity index (χ4n) is 5.29. The maximum atomic E-state index is 6.51. The smallest absolute Gasteiger partial charge is 0.227 e. The van der Waals surface area contributed by atoms with E-state index in [0.717, 1.165) is 22.1 Å². The van der Waals surface area contributed by atoms with Crippen LogP contribution in [0.15, 0.2) is 52.6 Å². The molecule has 1 atom stereocenters. The van der Waals surface area contributed by atoms with E-state index in [1.807, 2.05) is 0 Å². The average Bonchev–Trinajstić information content (AvgIpc) is 3.36. The van der Waals surface area contributed by atoms with Crippen molar-refractivity contribution >= 4 is 22.1 Å². The van der Waals surface area contributed by atoms with Crippen LogP contribution < -0.4 is 0 Å². The Balaban J connectivity index is 1.68. The first kappa shape index (κ1) is 19.4. The van der Waals surface area contributed by atoms with Gasteiger partial charge in [-0.1, -0.05) is 51.0 Å². The van der Waals surface area contributed by atoms with Crippen LogP contribution in [0.2, 0.25) is 0 Å². The summed E-state index contributed by atoms with van der Waals surface area (Å²) in [6, 6.07) is 8.87. The van der Waals surface area contributed by atoms with Crippen LogP contribution in [0.3, 0.4) is 0 Å². The first-order valence-corrected chi connectivity index (χ1v) is 11.4. The van der Waals surface area contributed by atoms with Gasteiger partial charge in [-0.15, -0.1) is 0 Å². The number of benzene rings is 1. The molecule has 1 saturated carbocycles. The molecule has 3 heterocycles. The molecule has 3 aromatic rings. The normalized spacial score (nSPS) is 22.6. The van der Waals surface area contributed by atoms with Crippen molar-refractivity contribution in [3.63, 3.8) is 0 Å². The fourth-order valence-corrected chi connectivity index (χ4v) is 5.29. The lowest BCUT2D eigenvalue weighted by atomic mass is 9.82. The van der Waals surface area contributed by atoms with Crippen LogP contribution in [0.4, 0.5) is 0 Å². The lowest BCUT2D eigenvalue weighted by Gasteiger charge is -2.40. The molecule has 2 aromatic heterocycles. The molecule has 1 aromatic carbocycles. The first-order chi connectivity index (χ1) is 14.4. The van der Waals surface area contributed by atoms with Crippen LogP contribution in [-0.2, 0) is 5.54 Å². The summed E-state index contributed by atoms with van der Waals surface area (Å²) in [7, 11) is 2.17. The predicted molar refractivity (Wildman–Crippen MR) is 125 cm³/mol. The number of pyridine rings is 1. The maximum absolute atomic E-state index is 6.51. The summed E-state index contributed by atoms with van der Waals surface area (Å²) < 4.78 is 6.51. The van der Waals surface area contributed by atoms with E-state index in [2.05, 4.69) is 82.3 Å². The highest BCUT2D eigenvalue weighted by Gasteiger charge is 2.35. The largest absolute Gasteiger partial charge is 0.437 e. The minimum atomic E-state index is -0.260. The van der Waals surface area contributed by atoms with Gasteiger partial charge >= 0.3 is 0 Å². The molecule has 30 heavy (non-hydrogen) atoms. The molecule has 0 N–H and O–H groups in total. The molecule has 1 aliphatic heterocycles. The van der Waals surface area contributed by atoms with Gasteiger partial charge in [-0.3, -0.25) is 0 Å². The van der Waals surface area contributed by atoms with Crippen molar-refractivity contribution in [1.29, 1.82) is 0 Å². The van der Waals surface area contributed by atoms with E-state index < -0.39 is 0 Å². The minimum absolute atomic E-state index is 0.260. The molecule has 1 aliphatic carbocycles. The van der Waals surface area contributed by atoms with Crippen LogP contribution in [0.5, 0.6) is 0 Å². The Morgan fingerprint density at radius 3 is 2.53 bits per heavy atom. The van der Waals surface area contributed by atoms with Gasteiger partial charge in [0.2, 0.25) is 5.71 Å². The first-order valence-electron chi connectivity index (χ1n) is 11.4. The number of aromatic nitrogens is 1. The Kier molecular flexibility index (Phi) is 4.53. The van der Waals surface area contributed by atoms with Gasteiger partial charge in [-0.2, -0.15) is 0 Å². The molecule has 156 valence electrons. The number of aryl methyl sites for hydroxylation is 1. The standard InChI is InChI=1S/C27H32N2O/c1-17(2)20-14-15-27(4,29(5)16-20)24-18(3)10-11-21-22-12-13-23(19-8-6-7-9-19)28-26(22)30-25(21)24/h10-17,19H,6-9H2,1-5H3. The molecule has 0 radical (unpaired) electrons. The zero-order valence-electron chi connectivity index (χ0n) is 18.8. The number of hydrogen-bond donors (Lipinski definition) is 0. The van der Waals surface area contributed by atoms with Crippen molar-refractivity contribution in [2.45, 2.75) is 64.8 Å². The molecular formula is C27H32N2O. The Hall–Kier alpha value is -2.55. The number of furan rings is 1. The summed E-state index contributed by atoms with van der Waals surface area (Å²) in [5.74, 6) is 1.10. The Morgan fingerprint density at radius 2 is 1.83 bits per heavy atom. The molecular weight excluding hydrogens is 368 g/mol. The van der Waals surface area contributed by atoms with Crippen LogP contribution in [0.1, 0.15) is 69.2 Å². The van der Waals surface area contributed by atoms with Crippen molar-refractivity contribution < 1.29 is 4.42 Å². The summed E-state index contributed by atoms with van der Waals surface area (Å²) in [5, 5.41) is 2.29. The van der Waals surface area contributed by atoms with Crippen LogP contribution in [0.25, 0.3) is 22.1 Å². The maximum Gasteiger partial charge on any atom is 0.227 e. The fraction of sp³-hybridized carbons (Fsp3) is 0.444. The van der Waals surface area contributed by atoms with Crippen LogP contribution in [-0.4, -0.2) is 16.9 Å². The number of allylic oxidation sites excluding steroid dienone is 2. The van der Waals surface area contributed by atoms with Crippen LogP contribution in [0, 0.1) is 12.8 Å². The second-order valence-electron chi connectivity index (χ2n) is 9.68. The van der Waals surface area contributed by atoms with Gasteiger partial charge in [-0.05, 0) is 55.9 Å². The molecule has 1 unspecified atom stereocenters. The summed E-state index contributed by atoms with van der Waals surface area (Å²) in [6.07, 6.45) is 12.0. The highest BCUT2D eigenvalue weighted by molar-refractivity contribution is 6.05.